The van der Waals surface area contributed by atoms with Gasteiger partial charge in [-0.05, 0) is 56.5 Å². The molecule has 1 atom stereocenters. The number of hydrogen-bond donors (Lipinski definition) is 1. The van der Waals surface area contributed by atoms with E-state index in [1.807, 2.05) is 11.4 Å². The molecule has 10 heteroatoms. The molecule has 1 unspecified atom stereocenters. The van der Waals surface area contributed by atoms with Crippen molar-refractivity contribution >= 4 is 29.5 Å². The van der Waals surface area contributed by atoms with Crippen molar-refractivity contribution in [2.24, 2.45) is 0 Å². The number of alkyl halides is 3. The van der Waals surface area contributed by atoms with Crippen LogP contribution in [0.2, 0.25) is 5.02 Å². The van der Waals surface area contributed by atoms with E-state index in [0.29, 0.717) is 4.90 Å². The van der Waals surface area contributed by atoms with Gasteiger partial charge in [-0.15, -0.1) is 0 Å². The van der Waals surface area contributed by atoms with E-state index < -0.39 is 17.7 Å². The maximum absolute atomic E-state index is 12.8. The highest BCUT2D eigenvalue weighted by atomic mass is 35.5. The number of fused-ring (bicyclic) bond motifs is 1. The van der Waals surface area contributed by atoms with Crippen LogP contribution in [-0.2, 0) is 23.9 Å². The first-order valence-corrected chi connectivity index (χ1v) is 9.36. The van der Waals surface area contributed by atoms with Crippen molar-refractivity contribution < 1.29 is 23.1 Å². The van der Waals surface area contributed by atoms with E-state index in [-0.39, 0.29) is 17.6 Å². The highest BCUT2D eigenvalue weighted by Crippen LogP contribution is 2.41. The Bertz CT molecular complexity index is 856. The number of benzene rings is 1. The maximum Gasteiger partial charge on any atom is 0.416 e. The molecule has 0 bridgehead atoms. The van der Waals surface area contributed by atoms with Gasteiger partial charge in [0.2, 0.25) is 0 Å². The normalized spacial score (nSPS) is 17.2. The van der Waals surface area contributed by atoms with E-state index in [2.05, 4.69) is 5.10 Å². The van der Waals surface area contributed by atoms with E-state index in [4.69, 9.17) is 16.7 Å². The van der Waals surface area contributed by atoms with Gasteiger partial charge in [0.1, 0.15) is 6.54 Å². The van der Waals surface area contributed by atoms with Crippen molar-refractivity contribution in [2.45, 2.75) is 42.9 Å². The molecule has 1 aliphatic rings. The van der Waals surface area contributed by atoms with Crippen molar-refractivity contribution in [1.82, 2.24) is 14.1 Å². The Morgan fingerprint density at radius 2 is 2.22 bits per heavy atom. The number of carboxylic acid groups (broad SMARTS) is 1. The molecule has 27 heavy (non-hydrogen) atoms. The van der Waals surface area contributed by atoms with Gasteiger partial charge in [-0.3, -0.25) is 9.48 Å². The smallest absolute Gasteiger partial charge is 0.416 e. The molecule has 2 aromatic rings. The van der Waals surface area contributed by atoms with Crippen LogP contribution in [-0.4, -0.2) is 32.2 Å². The first kappa shape index (κ1) is 20.0. The standard InChI is InChI=1S/C17H17ClF3N3O2S/c1-23(27-15-6-5-10(7-12(15)18)17(19,20)21)13-3-2-4-14-11(13)8-22-24(14)9-16(25)26/h5-8,13H,2-4,9H2,1H3,(H,25,26). The zero-order valence-electron chi connectivity index (χ0n) is 14.3. The van der Waals surface area contributed by atoms with Gasteiger partial charge < -0.3 is 5.11 Å². The molecule has 1 aromatic carbocycles. The van der Waals surface area contributed by atoms with Gasteiger partial charge in [0.05, 0.1) is 16.8 Å². The van der Waals surface area contributed by atoms with Gasteiger partial charge in [-0.25, -0.2) is 4.31 Å². The molecule has 0 radical (unpaired) electrons. The first-order valence-electron chi connectivity index (χ1n) is 8.20. The van der Waals surface area contributed by atoms with Gasteiger partial charge in [0, 0.05) is 22.2 Å². The van der Waals surface area contributed by atoms with Crippen LogP contribution in [0.15, 0.2) is 29.3 Å². The lowest BCUT2D eigenvalue weighted by atomic mass is 9.93. The largest absolute Gasteiger partial charge is 0.480 e. The second-order valence-electron chi connectivity index (χ2n) is 6.29. The van der Waals surface area contributed by atoms with Gasteiger partial charge in [-0.1, -0.05) is 11.6 Å². The van der Waals surface area contributed by atoms with Crippen LogP contribution in [0, 0.1) is 0 Å². The highest BCUT2D eigenvalue weighted by Gasteiger charge is 2.32. The Kier molecular flexibility index (Phi) is 5.73. The number of carbonyl (C=O) groups is 1. The molecule has 0 fully saturated rings. The molecule has 5 nitrogen and oxygen atoms in total. The zero-order chi connectivity index (χ0) is 19.8. The van der Waals surface area contributed by atoms with E-state index in [9.17, 15) is 18.0 Å². The third-order valence-corrected chi connectivity index (χ3v) is 5.98. The topological polar surface area (TPSA) is 58.4 Å². The minimum Gasteiger partial charge on any atom is -0.480 e. The number of nitrogens with zero attached hydrogens (tertiary/aromatic N) is 3. The zero-order valence-corrected chi connectivity index (χ0v) is 15.9. The van der Waals surface area contributed by atoms with Crippen LogP contribution < -0.4 is 0 Å². The van der Waals surface area contributed by atoms with Crippen LogP contribution in [0.1, 0.15) is 35.7 Å². The van der Waals surface area contributed by atoms with Crippen molar-refractivity contribution in [3.63, 3.8) is 0 Å². The molecule has 0 saturated carbocycles. The lowest BCUT2D eigenvalue weighted by Gasteiger charge is -2.30. The van der Waals surface area contributed by atoms with Crippen LogP contribution in [0.25, 0.3) is 0 Å². The van der Waals surface area contributed by atoms with Crippen LogP contribution in [0.5, 0.6) is 0 Å². The number of rotatable bonds is 5. The van der Waals surface area contributed by atoms with Crippen LogP contribution >= 0.6 is 23.5 Å². The summed E-state index contributed by atoms with van der Waals surface area (Å²) >= 11 is 7.31. The Hall–Kier alpha value is -1.71. The van der Waals surface area contributed by atoms with Crippen molar-refractivity contribution in [3.8, 4) is 0 Å². The summed E-state index contributed by atoms with van der Waals surface area (Å²) in [6, 6.07) is 3.28. The summed E-state index contributed by atoms with van der Waals surface area (Å²) in [5, 5.41) is 13.2. The first-order chi connectivity index (χ1) is 12.7. The summed E-state index contributed by atoms with van der Waals surface area (Å²) in [6.45, 7) is -0.191. The lowest BCUT2D eigenvalue weighted by Crippen LogP contribution is -2.23. The summed E-state index contributed by atoms with van der Waals surface area (Å²) in [7, 11) is 1.84. The van der Waals surface area contributed by atoms with Gasteiger partial charge in [0.25, 0.3) is 0 Å². The van der Waals surface area contributed by atoms with Crippen molar-refractivity contribution in [2.75, 3.05) is 7.05 Å². The summed E-state index contributed by atoms with van der Waals surface area (Å²) in [5.41, 5.74) is 1.05. The van der Waals surface area contributed by atoms with Crippen LogP contribution in [0.4, 0.5) is 13.2 Å². The fraction of sp³-hybridized carbons (Fsp3) is 0.412. The average molecular weight is 420 g/mol. The molecular formula is C17H17ClF3N3O2S. The molecule has 1 aliphatic carbocycles. The number of carboxylic acids is 1. The maximum atomic E-state index is 12.8. The summed E-state index contributed by atoms with van der Waals surface area (Å²) in [5.74, 6) is -0.956. The Labute approximate surface area is 163 Å². The van der Waals surface area contributed by atoms with Crippen LogP contribution in [0.3, 0.4) is 0 Å². The third kappa shape index (κ3) is 4.41. The fourth-order valence-corrected chi connectivity index (χ4v) is 4.42. The highest BCUT2D eigenvalue weighted by molar-refractivity contribution is 7.97. The quantitative estimate of drug-likeness (QED) is 0.714. The van der Waals surface area contributed by atoms with E-state index in [1.165, 1.54) is 22.7 Å². The SMILES string of the molecule is CN(Sc1ccc(C(F)(F)F)cc1Cl)C1CCCc2c1cnn2CC(=O)O. The van der Waals surface area contributed by atoms with Crippen molar-refractivity contribution in [3.05, 3.63) is 46.2 Å². The molecule has 0 saturated heterocycles. The molecule has 146 valence electrons. The molecule has 1 heterocycles. The Morgan fingerprint density at radius 1 is 1.48 bits per heavy atom. The second kappa shape index (κ2) is 7.73. The summed E-state index contributed by atoms with van der Waals surface area (Å²) in [6.07, 6.45) is -0.302. The Morgan fingerprint density at radius 3 is 2.85 bits per heavy atom. The monoisotopic (exact) mass is 419 g/mol. The molecular weight excluding hydrogens is 403 g/mol. The number of hydrogen-bond acceptors (Lipinski definition) is 4. The summed E-state index contributed by atoms with van der Waals surface area (Å²) < 4.78 is 41.8. The number of halogens is 4. The molecule has 3 rings (SSSR count). The van der Waals surface area contributed by atoms with E-state index in [1.54, 1.807) is 6.20 Å². The minimum absolute atomic E-state index is 0.0281. The molecule has 1 N–H and O–H groups in total. The third-order valence-electron chi connectivity index (χ3n) is 4.46. The lowest BCUT2D eigenvalue weighted by molar-refractivity contribution is -0.138. The minimum atomic E-state index is -4.43. The van der Waals surface area contributed by atoms with Gasteiger partial charge in [0.15, 0.2) is 0 Å². The van der Waals surface area contributed by atoms with E-state index >= 15 is 0 Å². The number of aliphatic carboxylic acids is 1. The Balaban J connectivity index is 1.79. The predicted molar refractivity (Wildman–Crippen MR) is 95.6 cm³/mol. The van der Waals surface area contributed by atoms with Gasteiger partial charge >= 0.3 is 12.1 Å². The van der Waals surface area contributed by atoms with Gasteiger partial charge in [-0.2, -0.15) is 18.3 Å². The molecule has 0 spiro atoms. The average Bonchev–Trinajstić information content (AvgIpc) is 2.98. The molecule has 0 aliphatic heterocycles. The number of aromatic nitrogens is 2. The predicted octanol–water partition coefficient (Wildman–Crippen LogP) is 4.66. The molecule has 0 amide bonds. The fourth-order valence-electron chi connectivity index (χ4n) is 3.21. The van der Waals surface area contributed by atoms with E-state index in [0.717, 1.165) is 42.7 Å². The molecule has 1 aromatic heterocycles. The second-order valence-corrected chi connectivity index (χ2v) is 7.89. The van der Waals surface area contributed by atoms with Crippen molar-refractivity contribution in [1.29, 1.82) is 0 Å². The summed E-state index contributed by atoms with van der Waals surface area (Å²) in [4.78, 5) is 11.5.